The lowest BCUT2D eigenvalue weighted by Crippen LogP contribution is -2.22. The van der Waals surface area contributed by atoms with Crippen LogP contribution in [0.5, 0.6) is 5.75 Å². The molecule has 0 aliphatic rings. The van der Waals surface area contributed by atoms with Gasteiger partial charge in [0.1, 0.15) is 5.75 Å². The maximum absolute atomic E-state index is 12.9. The molecule has 0 aliphatic heterocycles. The number of Topliss-reactive ketones (excluding diaryl/α,β-unsaturated/α-hetero) is 1. The zero-order valence-electron chi connectivity index (χ0n) is 17.6. The molecule has 0 atom stereocenters. The second-order valence-electron chi connectivity index (χ2n) is 6.86. The highest BCUT2D eigenvalue weighted by Gasteiger charge is 2.20. The molecule has 0 saturated carbocycles. The van der Waals surface area contributed by atoms with Gasteiger partial charge in [0, 0.05) is 22.4 Å². The van der Waals surface area contributed by atoms with Gasteiger partial charge in [0.25, 0.3) is 5.91 Å². The molecular formula is C25H21NO6. The third kappa shape index (κ3) is 5.46. The van der Waals surface area contributed by atoms with Crippen LogP contribution in [0.15, 0.2) is 72.8 Å². The fourth-order valence-electron chi connectivity index (χ4n) is 2.98. The monoisotopic (exact) mass is 431 g/mol. The van der Waals surface area contributed by atoms with E-state index in [1.807, 2.05) is 0 Å². The first-order valence-corrected chi connectivity index (χ1v) is 9.75. The van der Waals surface area contributed by atoms with E-state index in [0.717, 1.165) is 0 Å². The highest BCUT2D eigenvalue weighted by molar-refractivity contribution is 6.14. The standard InChI is InChI=1S/C25H21NO6/c1-16(27)18-6-5-7-19(14-18)26-23(28)15-32-25(30)22-9-4-3-8-21(22)24(29)17-10-12-20(31-2)13-11-17/h3-14H,15H2,1-2H3,(H,26,28). The van der Waals surface area contributed by atoms with Crippen molar-refractivity contribution in [2.24, 2.45) is 0 Å². The van der Waals surface area contributed by atoms with Crippen molar-refractivity contribution < 1.29 is 28.7 Å². The minimum atomic E-state index is -0.796. The Hall–Kier alpha value is -4.26. The van der Waals surface area contributed by atoms with Crippen molar-refractivity contribution >= 4 is 29.1 Å². The van der Waals surface area contributed by atoms with Crippen LogP contribution in [0.1, 0.15) is 43.6 Å². The number of hydrogen-bond donors (Lipinski definition) is 1. The topological polar surface area (TPSA) is 98.8 Å². The number of rotatable bonds is 8. The summed E-state index contributed by atoms with van der Waals surface area (Å²) in [7, 11) is 1.53. The van der Waals surface area contributed by atoms with Crippen molar-refractivity contribution in [2.75, 3.05) is 19.0 Å². The zero-order chi connectivity index (χ0) is 23.1. The molecule has 162 valence electrons. The van der Waals surface area contributed by atoms with Crippen LogP contribution in [0.3, 0.4) is 0 Å². The van der Waals surface area contributed by atoms with Crippen LogP contribution in [0.25, 0.3) is 0 Å². The van der Waals surface area contributed by atoms with Crippen LogP contribution in [0.4, 0.5) is 5.69 Å². The fraction of sp³-hybridized carbons (Fsp3) is 0.120. The third-order valence-electron chi connectivity index (χ3n) is 4.63. The van der Waals surface area contributed by atoms with Crippen LogP contribution in [0, 0.1) is 0 Å². The molecular weight excluding hydrogens is 410 g/mol. The number of methoxy groups -OCH3 is 1. The van der Waals surface area contributed by atoms with E-state index in [2.05, 4.69) is 5.32 Å². The van der Waals surface area contributed by atoms with E-state index in [9.17, 15) is 19.2 Å². The quantitative estimate of drug-likeness (QED) is 0.429. The summed E-state index contributed by atoms with van der Waals surface area (Å²) in [6, 6.07) is 19.2. The zero-order valence-corrected chi connectivity index (χ0v) is 17.6. The number of benzene rings is 3. The van der Waals surface area contributed by atoms with Crippen molar-refractivity contribution in [2.45, 2.75) is 6.92 Å². The summed E-state index contributed by atoms with van der Waals surface area (Å²) in [6.07, 6.45) is 0. The fourth-order valence-corrected chi connectivity index (χ4v) is 2.98. The number of nitrogens with one attached hydrogen (secondary N) is 1. The molecule has 7 heteroatoms. The van der Waals surface area contributed by atoms with Gasteiger partial charge in [-0.3, -0.25) is 14.4 Å². The van der Waals surface area contributed by atoms with Crippen molar-refractivity contribution in [3.05, 3.63) is 95.1 Å². The lowest BCUT2D eigenvalue weighted by molar-refractivity contribution is -0.119. The van der Waals surface area contributed by atoms with Crippen LogP contribution < -0.4 is 10.1 Å². The van der Waals surface area contributed by atoms with Gasteiger partial charge in [0.05, 0.1) is 12.7 Å². The number of esters is 1. The lowest BCUT2D eigenvalue weighted by atomic mass is 9.98. The van der Waals surface area contributed by atoms with E-state index in [1.165, 1.54) is 32.2 Å². The Balaban J connectivity index is 1.68. The first-order valence-electron chi connectivity index (χ1n) is 9.75. The number of carbonyl (C=O) groups is 4. The van der Waals surface area contributed by atoms with Crippen LogP contribution in [-0.4, -0.2) is 37.2 Å². The molecule has 0 saturated heterocycles. The SMILES string of the molecule is COc1ccc(C(=O)c2ccccc2C(=O)OCC(=O)Nc2cccc(C(C)=O)c2)cc1. The number of carbonyl (C=O) groups excluding carboxylic acids is 4. The van der Waals surface area contributed by atoms with E-state index in [4.69, 9.17) is 9.47 Å². The van der Waals surface area contributed by atoms with Gasteiger partial charge in [0.15, 0.2) is 18.2 Å². The van der Waals surface area contributed by atoms with Gasteiger partial charge in [0.2, 0.25) is 0 Å². The van der Waals surface area contributed by atoms with E-state index in [0.29, 0.717) is 22.6 Å². The van der Waals surface area contributed by atoms with Gasteiger partial charge in [-0.05, 0) is 49.4 Å². The molecule has 0 fully saturated rings. The van der Waals surface area contributed by atoms with E-state index in [1.54, 1.807) is 54.6 Å². The maximum Gasteiger partial charge on any atom is 0.339 e. The number of hydrogen-bond acceptors (Lipinski definition) is 6. The molecule has 1 amide bonds. The minimum Gasteiger partial charge on any atom is -0.497 e. The Bertz CT molecular complexity index is 1170. The molecule has 0 unspecified atom stereocenters. The number of ketones is 2. The average Bonchev–Trinajstić information content (AvgIpc) is 2.82. The Morgan fingerprint density at radius 1 is 0.812 bits per heavy atom. The Morgan fingerprint density at radius 3 is 2.16 bits per heavy atom. The molecule has 1 N–H and O–H groups in total. The molecule has 0 aliphatic carbocycles. The van der Waals surface area contributed by atoms with E-state index >= 15 is 0 Å². The average molecular weight is 431 g/mol. The van der Waals surface area contributed by atoms with Crippen molar-refractivity contribution in [1.82, 2.24) is 0 Å². The molecule has 3 aromatic rings. The van der Waals surface area contributed by atoms with Crippen LogP contribution in [0.2, 0.25) is 0 Å². The Labute approximate surface area is 185 Å². The smallest absolute Gasteiger partial charge is 0.339 e. The van der Waals surface area contributed by atoms with Gasteiger partial charge in [-0.15, -0.1) is 0 Å². The number of anilines is 1. The molecule has 7 nitrogen and oxygen atoms in total. The summed E-state index contributed by atoms with van der Waals surface area (Å²) in [5.41, 5.74) is 1.46. The Morgan fingerprint density at radius 2 is 1.50 bits per heavy atom. The van der Waals surface area contributed by atoms with Crippen LogP contribution in [-0.2, 0) is 9.53 Å². The van der Waals surface area contributed by atoms with Crippen molar-refractivity contribution in [1.29, 1.82) is 0 Å². The van der Waals surface area contributed by atoms with Crippen LogP contribution >= 0.6 is 0 Å². The first-order chi connectivity index (χ1) is 15.4. The molecule has 0 bridgehead atoms. The number of ether oxygens (including phenoxy) is 2. The molecule has 0 radical (unpaired) electrons. The highest BCUT2D eigenvalue weighted by atomic mass is 16.5. The summed E-state index contributed by atoms with van der Waals surface area (Å²) in [4.78, 5) is 49.1. The van der Waals surface area contributed by atoms with E-state index < -0.39 is 18.5 Å². The summed E-state index contributed by atoms with van der Waals surface area (Å²) >= 11 is 0. The lowest BCUT2D eigenvalue weighted by Gasteiger charge is -2.10. The predicted molar refractivity (Wildman–Crippen MR) is 118 cm³/mol. The highest BCUT2D eigenvalue weighted by Crippen LogP contribution is 2.19. The summed E-state index contributed by atoms with van der Waals surface area (Å²) in [5, 5.41) is 2.57. The second kappa shape index (κ2) is 10.2. The summed E-state index contributed by atoms with van der Waals surface area (Å²) in [5.74, 6) is -1.25. The number of amides is 1. The van der Waals surface area contributed by atoms with Gasteiger partial charge in [-0.2, -0.15) is 0 Å². The van der Waals surface area contributed by atoms with Gasteiger partial charge in [-0.1, -0.05) is 30.3 Å². The summed E-state index contributed by atoms with van der Waals surface area (Å²) < 4.78 is 10.2. The molecule has 32 heavy (non-hydrogen) atoms. The third-order valence-corrected chi connectivity index (χ3v) is 4.63. The molecule has 3 aromatic carbocycles. The maximum atomic E-state index is 12.9. The van der Waals surface area contributed by atoms with Gasteiger partial charge < -0.3 is 14.8 Å². The van der Waals surface area contributed by atoms with Gasteiger partial charge >= 0.3 is 5.97 Å². The molecule has 0 spiro atoms. The minimum absolute atomic E-state index is 0.0553. The summed E-state index contributed by atoms with van der Waals surface area (Å²) in [6.45, 7) is 0.877. The second-order valence-corrected chi connectivity index (χ2v) is 6.86. The Kier molecular flexibility index (Phi) is 7.13. The molecule has 3 rings (SSSR count). The van der Waals surface area contributed by atoms with Crippen molar-refractivity contribution in [3.8, 4) is 5.75 Å². The molecule has 0 aromatic heterocycles. The van der Waals surface area contributed by atoms with Crippen molar-refractivity contribution in [3.63, 3.8) is 0 Å². The predicted octanol–water partition coefficient (Wildman–Crippen LogP) is 3.92. The molecule has 0 heterocycles. The largest absolute Gasteiger partial charge is 0.497 e. The normalized spacial score (nSPS) is 10.2. The van der Waals surface area contributed by atoms with Gasteiger partial charge in [-0.25, -0.2) is 4.79 Å². The first kappa shape index (κ1) is 22.4. The van der Waals surface area contributed by atoms with E-state index in [-0.39, 0.29) is 22.7 Å².